The fourth-order valence-corrected chi connectivity index (χ4v) is 1.42. The maximum atomic E-state index is 10.4. The zero-order valence-corrected chi connectivity index (χ0v) is 9.38. The number of ether oxygens (including phenoxy) is 2. The maximum absolute atomic E-state index is 10.4. The van der Waals surface area contributed by atoms with Gasteiger partial charge < -0.3 is 13.9 Å². The van der Waals surface area contributed by atoms with Crippen LogP contribution in [-0.2, 0) is 6.61 Å². The summed E-state index contributed by atoms with van der Waals surface area (Å²) in [6, 6.07) is 10.7. The van der Waals surface area contributed by atoms with Crippen LogP contribution < -0.4 is 9.47 Å². The second kappa shape index (κ2) is 5.21. The Morgan fingerprint density at radius 2 is 1.94 bits per heavy atom. The van der Waals surface area contributed by atoms with Crippen molar-refractivity contribution in [3.8, 4) is 11.5 Å². The average molecular weight is 232 g/mol. The first-order chi connectivity index (χ1) is 8.33. The van der Waals surface area contributed by atoms with Gasteiger partial charge in [0.15, 0.2) is 23.5 Å². The van der Waals surface area contributed by atoms with E-state index >= 15 is 0 Å². The zero-order valence-electron chi connectivity index (χ0n) is 9.38. The van der Waals surface area contributed by atoms with Crippen molar-refractivity contribution >= 4 is 6.29 Å². The molecular weight excluding hydrogens is 220 g/mol. The minimum absolute atomic E-state index is 0.258. The van der Waals surface area contributed by atoms with Crippen molar-refractivity contribution < 1.29 is 18.7 Å². The maximum Gasteiger partial charge on any atom is 0.185 e. The SMILES string of the molecule is COc1ccccc1OCc1ccc(C=O)o1. The highest BCUT2D eigenvalue weighted by Gasteiger charge is 2.05. The Morgan fingerprint density at radius 3 is 2.59 bits per heavy atom. The van der Waals surface area contributed by atoms with Gasteiger partial charge in [-0.05, 0) is 24.3 Å². The minimum atomic E-state index is 0.258. The molecule has 0 aliphatic rings. The quantitative estimate of drug-likeness (QED) is 0.743. The fraction of sp³-hybridized carbons (Fsp3) is 0.154. The molecule has 0 radical (unpaired) electrons. The molecule has 2 rings (SSSR count). The topological polar surface area (TPSA) is 48.7 Å². The van der Waals surface area contributed by atoms with E-state index in [4.69, 9.17) is 13.9 Å². The molecule has 2 aromatic rings. The number of benzene rings is 1. The molecular formula is C13H12O4. The van der Waals surface area contributed by atoms with Crippen molar-refractivity contribution in [2.24, 2.45) is 0 Å². The van der Waals surface area contributed by atoms with Gasteiger partial charge in [0.05, 0.1) is 7.11 Å². The van der Waals surface area contributed by atoms with Gasteiger partial charge in [0.2, 0.25) is 0 Å². The molecule has 0 bridgehead atoms. The number of carbonyl (C=O) groups excluding carboxylic acids is 1. The van der Waals surface area contributed by atoms with Crippen LogP contribution in [0.4, 0.5) is 0 Å². The van der Waals surface area contributed by atoms with Crippen LogP contribution >= 0.6 is 0 Å². The van der Waals surface area contributed by atoms with Gasteiger partial charge >= 0.3 is 0 Å². The van der Waals surface area contributed by atoms with Gasteiger partial charge in [-0.25, -0.2) is 0 Å². The number of aldehydes is 1. The molecule has 0 spiro atoms. The number of carbonyl (C=O) groups is 1. The van der Waals surface area contributed by atoms with Gasteiger partial charge in [-0.3, -0.25) is 4.79 Å². The summed E-state index contributed by atoms with van der Waals surface area (Å²) in [5.74, 6) is 2.19. The number of furan rings is 1. The normalized spacial score (nSPS) is 9.94. The second-order valence-corrected chi connectivity index (χ2v) is 3.36. The van der Waals surface area contributed by atoms with Crippen molar-refractivity contribution in [3.63, 3.8) is 0 Å². The summed E-state index contributed by atoms with van der Waals surface area (Å²) in [6.07, 6.45) is 0.659. The van der Waals surface area contributed by atoms with Crippen molar-refractivity contribution in [3.05, 3.63) is 47.9 Å². The molecule has 1 heterocycles. The molecule has 0 N–H and O–H groups in total. The zero-order chi connectivity index (χ0) is 12.1. The molecule has 0 atom stereocenters. The van der Waals surface area contributed by atoms with Crippen molar-refractivity contribution in [1.82, 2.24) is 0 Å². The monoisotopic (exact) mass is 232 g/mol. The Kier molecular flexibility index (Phi) is 3.45. The average Bonchev–Trinajstić information content (AvgIpc) is 2.84. The molecule has 0 saturated heterocycles. The third kappa shape index (κ3) is 2.66. The van der Waals surface area contributed by atoms with Gasteiger partial charge in [0.25, 0.3) is 0 Å². The number of hydrogen-bond donors (Lipinski definition) is 0. The van der Waals surface area contributed by atoms with Crippen LogP contribution in [0, 0.1) is 0 Å². The van der Waals surface area contributed by atoms with E-state index in [2.05, 4.69) is 0 Å². The van der Waals surface area contributed by atoms with E-state index in [9.17, 15) is 4.79 Å². The highest BCUT2D eigenvalue weighted by atomic mass is 16.5. The van der Waals surface area contributed by atoms with E-state index < -0.39 is 0 Å². The standard InChI is InChI=1S/C13H12O4/c1-15-12-4-2-3-5-13(12)16-9-11-7-6-10(8-14)17-11/h2-8H,9H2,1H3. The predicted molar refractivity (Wildman–Crippen MR) is 61.4 cm³/mol. The number of rotatable bonds is 5. The lowest BCUT2D eigenvalue weighted by atomic mass is 10.3. The van der Waals surface area contributed by atoms with Crippen LogP contribution in [0.5, 0.6) is 11.5 Å². The van der Waals surface area contributed by atoms with Gasteiger partial charge in [0, 0.05) is 0 Å². The van der Waals surface area contributed by atoms with Crippen molar-refractivity contribution in [1.29, 1.82) is 0 Å². The summed E-state index contributed by atoms with van der Waals surface area (Å²) in [6.45, 7) is 0.258. The second-order valence-electron chi connectivity index (χ2n) is 3.36. The third-order valence-electron chi connectivity index (χ3n) is 2.24. The number of methoxy groups -OCH3 is 1. The summed E-state index contributed by atoms with van der Waals surface area (Å²) in [5.41, 5.74) is 0. The van der Waals surface area contributed by atoms with Crippen LogP contribution in [0.2, 0.25) is 0 Å². The molecule has 4 nitrogen and oxygen atoms in total. The lowest BCUT2D eigenvalue weighted by Crippen LogP contribution is -1.96. The van der Waals surface area contributed by atoms with E-state index in [-0.39, 0.29) is 6.61 Å². The first-order valence-corrected chi connectivity index (χ1v) is 5.13. The molecule has 1 aromatic heterocycles. The molecule has 1 aromatic carbocycles. The molecule has 0 amide bonds. The fourth-order valence-electron chi connectivity index (χ4n) is 1.42. The highest BCUT2D eigenvalue weighted by molar-refractivity contribution is 5.70. The van der Waals surface area contributed by atoms with Gasteiger partial charge in [-0.1, -0.05) is 12.1 Å². The summed E-state index contributed by atoms with van der Waals surface area (Å²) in [4.78, 5) is 10.4. The Morgan fingerprint density at radius 1 is 1.18 bits per heavy atom. The Labute approximate surface area is 98.8 Å². The number of hydrogen-bond acceptors (Lipinski definition) is 4. The van der Waals surface area contributed by atoms with Gasteiger partial charge in [0.1, 0.15) is 12.4 Å². The lowest BCUT2D eigenvalue weighted by Gasteiger charge is -2.08. The van der Waals surface area contributed by atoms with Crippen LogP contribution in [0.15, 0.2) is 40.8 Å². The molecule has 0 unspecified atom stereocenters. The molecule has 0 fully saturated rings. The summed E-state index contributed by atoms with van der Waals surface area (Å²) in [7, 11) is 1.58. The van der Waals surface area contributed by atoms with Gasteiger partial charge in [-0.2, -0.15) is 0 Å². The number of para-hydroxylation sites is 2. The molecule has 0 aliphatic heterocycles. The van der Waals surface area contributed by atoms with E-state index in [0.717, 1.165) is 0 Å². The largest absolute Gasteiger partial charge is 0.493 e. The van der Waals surface area contributed by atoms with E-state index in [1.165, 1.54) is 0 Å². The van der Waals surface area contributed by atoms with Crippen LogP contribution in [0.1, 0.15) is 16.3 Å². The van der Waals surface area contributed by atoms with Crippen LogP contribution in [0.3, 0.4) is 0 Å². The first kappa shape index (κ1) is 11.3. The predicted octanol–water partition coefficient (Wildman–Crippen LogP) is 2.68. The molecule has 17 heavy (non-hydrogen) atoms. The Balaban J connectivity index is 2.04. The third-order valence-corrected chi connectivity index (χ3v) is 2.24. The summed E-state index contributed by atoms with van der Waals surface area (Å²) < 4.78 is 15.9. The lowest BCUT2D eigenvalue weighted by molar-refractivity contribution is 0.109. The van der Waals surface area contributed by atoms with E-state index in [1.54, 1.807) is 19.2 Å². The summed E-state index contributed by atoms with van der Waals surface area (Å²) >= 11 is 0. The minimum Gasteiger partial charge on any atom is -0.493 e. The first-order valence-electron chi connectivity index (χ1n) is 5.13. The van der Waals surface area contributed by atoms with E-state index in [1.807, 2.05) is 24.3 Å². The smallest absolute Gasteiger partial charge is 0.185 e. The molecule has 88 valence electrons. The van der Waals surface area contributed by atoms with Crippen molar-refractivity contribution in [2.75, 3.05) is 7.11 Å². The summed E-state index contributed by atoms with van der Waals surface area (Å²) in [5, 5.41) is 0. The highest BCUT2D eigenvalue weighted by Crippen LogP contribution is 2.26. The van der Waals surface area contributed by atoms with E-state index in [0.29, 0.717) is 29.3 Å². The molecule has 4 heteroatoms. The van der Waals surface area contributed by atoms with Crippen LogP contribution in [0.25, 0.3) is 0 Å². The molecule has 0 aliphatic carbocycles. The molecule has 0 saturated carbocycles. The van der Waals surface area contributed by atoms with Gasteiger partial charge in [-0.15, -0.1) is 0 Å². The Bertz CT molecular complexity index is 502. The Hall–Kier alpha value is -2.23. The van der Waals surface area contributed by atoms with Crippen molar-refractivity contribution in [2.45, 2.75) is 6.61 Å². The van der Waals surface area contributed by atoms with Crippen LogP contribution in [-0.4, -0.2) is 13.4 Å².